The maximum Gasteiger partial charge on any atom is 0.280 e. The fraction of sp³-hybridized carbons (Fsp3) is 0.217. The van der Waals surface area contributed by atoms with Crippen molar-refractivity contribution in [2.75, 3.05) is 22.1 Å². The SMILES string of the molecule is Cn1cc(N(C=N)C(=O)c2cc(NC(=O)c3cc(NC=O)cn3C)cn2C)cc1C(=O)NCCC(=N)N. The monoisotopic (exact) mass is 508 g/mol. The summed E-state index contributed by atoms with van der Waals surface area (Å²) >= 11 is 0. The van der Waals surface area contributed by atoms with E-state index >= 15 is 0 Å². The third-order valence-corrected chi connectivity index (χ3v) is 5.47. The zero-order chi connectivity index (χ0) is 27.3. The molecule has 37 heavy (non-hydrogen) atoms. The van der Waals surface area contributed by atoms with E-state index in [0.29, 0.717) is 29.2 Å². The van der Waals surface area contributed by atoms with Gasteiger partial charge in [-0.1, -0.05) is 0 Å². The van der Waals surface area contributed by atoms with E-state index in [2.05, 4.69) is 16.0 Å². The summed E-state index contributed by atoms with van der Waals surface area (Å²) in [7, 11) is 4.91. The van der Waals surface area contributed by atoms with Gasteiger partial charge >= 0.3 is 0 Å². The van der Waals surface area contributed by atoms with Crippen LogP contribution in [0.5, 0.6) is 0 Å². The molecule has 14 nitrogen and oxygen atoms in total. The molecule has 0 saturated carbocycles. The Kier molecular flexibility index (Phi) is 7.92. The van der Waals surface area contributed by atoms with Crippen molar-refractivity contribution in [2.45, 2.75) is 6.42 Å². The Morgan fingerprint density at radius 1 is 0.946 bits per heavy atom. The fourth-order valence-corrected chi connectivity index (χ4v) is 3.66. The Morgan fingerprint density at radius 2 is 1.54 bits per heavy atom. The summed E-state index contributed by atoms with van der Waals surface area (Å²) in [6.45, 7) is 0.192. The zero-order valence-electron chi connectivity index (χ0n) is 20.5. The molecule has 0 aromatic carbocycles. The van der Waals surface area contributed by atoms with Crippen molar-refractivity contribution in [1.29, 1.82) is 10.8 Å². The van der Waals surface area contributed by atoms with E-state index in [1.54, 1.807) is 38.1 Å². The summed E-state index contributed by atoms with van der Waals surface area (Å²) in [4.78, 5) is 50.2. The third-order valence-electron chi connectivity index (χ3n) is 5.47. The van der Waals surface area contributed by atoms with Crippen LogP contribution in [0, 0.1) is 10.8 Å². The van der Waals surface area contributed by atoms with Crippen molar-refractivity contribution >= 4 is 53.4 Å². The molecular weight excluding hydrogens is 480 g/mol. The molecule has 0 fully saturated rings. The largest absolute Gasteiger partial charge is 0.388 e. The van der Waals surface area contributed by atoms with Crippen LogP contribution in [-0.2, 0) is 25.9 Å². The van der Waals surface area contributed by atoms with Crippen molar-refractivity contribution in [1.82, 2.24) is 19.0 Å². The Balaban J connectivity index is 1.77. The lowest BCUT2D eigenvalue weighted by atomic mass is 10.3. The molecule has 3 aromatic heterocycles. The molecule has 0 spiro atoms. The number of amidine groups is 1. The summed E-state index contributed by atoms with van der Waals surface area (Å²) in [5.74, 6) is -1.46. The van der Waals surface area contributed by atoms with Gasteiger partial charge in [0.25, 0.3) is 17.7 Å². The highest BCUT2D eigenvalue weighted by Crippen LogP contribution is 2.22. The van der Waals surface area contributed by atoms with Gasteiger partial charge in [0.05, 0.1) is 29.2 Å². The number of nitrogens with two attached hydrogens (primary N) is 1. The molecule has 0 atom stereocenters. The lowest BCUT2D eigenvalue weighted by Crippen LogP contribution is -2.30. The third kappa shape index (κ3) is 5.93. The summed E-state index contributed by atoms with van der Waals surface area (Å²) < 4.78 is 4.58. The van der Waals surface area contributed by atoms with Crippen molar-refractivity contribution in [3.63, 3.8) is 0 Å². The van der Waals surface area contributed by atoms with Gasteiger partial charge in [-0.3, -0.25) is 34.9 Å². The highest BCUT2D eigenvalue weighted by atomic mass is 16.2. The van der Waals surface area contributed by atoms with Crippen LogP contribution in [0.15, 0.2) is 36.8 Å². The molecule has 0 bridgehead atoms. The molecule has 0 radical (unpaired) electrons. The van der Waals surface area contributed by atoms with Gasteiger partial charge in [-0.2, -0.15) is 0 Å². The van der Waals surface area contributed by atoms with Crippen LogP contribution >= 0.6 is 0 Å². The topological polar surface area (TPSA) is 196 Å². The first-order valence-electron chi connectivity index (χ1n) is 11.0. The normalized spacial score (nSPS) is 10.5. The van der Waals surface area contributed by atoms with Gasteiger partial charge < -0.3 is 35.4 Å². The van der Waals surface area contributed by atoms with Crippen molar-refractivity contribution < 1.29 is 19.2 Å². The molecule has 4 amide bonds. The second kappa shape index (κ2) is 11.1. The predicted molar refractivity (Wildman–Crippen MR) is 138 cm³/mol. The van der Waals surface area contributed by atoms with Crippen LogP contribution in [0.4, 0.5) is 17.1 Å². The average Bonchev–Trinajstić information content (AvgIpc) is 3.50. The number of carbonyl (C=O) groups excluding carboxylic acids is 4. The summed E-state index contributed by atoms with van der Waals surface area (Å²) in [6.07, 6.45) is 6.24. The number of nitrogens with zero attached hydrogens (tertiary/aromatic N) is 4. The highest BCUT2D eigenvalue weighted by Gasteiger charge is 2.23. The van der Waals surface area contributed by atoms with E-state index < -0.39 is 17.7 Å². The lowest BCUT2D eigenvalue weighted by Gasteiger charge is -2.15. The number of amides is 4. The Hall–Kier alpha value is -5.14. The molecule has 0 saturated heterocycles. The number of anilines is 3. The number of aromatic nitrogens is 3. The Bertz CT molecular complexity index is 1380. The fourth-order valence-electron chi connectivity index (χ4n) is 3.66. The number of nitrogens with one attached hydrogen (secondary N) is 5. The van der Waals surface area contributed by atoms with E-state index in [0.717, 1.165) is 11.2 Å². The van der Waals surface area contributed by atoms with Gasteiger partial charge in [-0.15, -0.1) is 0 Å². The first-order chi connectivity index (χ1) is 17.5. The number of carbonyl (C=O) groups is 4. The molecule has 3 rings (SSSR count). The summed E-state index contributed by atoms with van der Waals surface area (Å²) in [5.41, 5.74) is 7.14. The first-order valence-corrected chi connectivity index (χ1v) is 11.0. The lowest BCUT2D eigenvalue weighted by molar-refractivity contribution is -0.105. The van der Waals surface area contributed by atoms with E-state index in [1.165, 1.54) is 33.5 Å². The smallest absolute Gasteiger partial charge is 0.280 e. The minimum Gasteiger partial charge on any atom is -0.388 e. The van der Waals surface area contributed by atoms with E-state index in [4.69, 9.17) is 16.6 Å². The van der Waals surface area contributed by atoms with Crippen molar-refractivity contribution in [3.05, 3.63) is 53.9 Å². The summed E-state index contributed by atoms with van der Waals surface area (Å²) in [5, 5.41) is 22.9. The van der Waals surface area contributed by atoms with E-state index in [9.17, 15) is 19.2 Å². The quantitative estimate of drug-likeness (QED) is 0.126. The molecule has 14 heteroatoms. The molecule has 0 aliphatic rings. The maximum absolute atomic E-state index is 13.3. The first kappa shape index (κ1) is 26.5. The zero-order valence-corrected chi connectivity index (χ0v) is 20.5. The second-order valence-corrected chi connectivity index (χ2v) is 8.20. The number of rotatable bonds is 11. The van der Waals surface area contributed by atoms with Gasteiger partial charge in [0.15, 0.2) is 0 Å². The van der Waals surface area contributed by atoms with Crippen molar-refractivity contribution in [3.8, 4) is 0 Å². The Labute approximate surface area is 212 Å². The molecule has 0 aliphatic carbocycles. The maximum atomic E-state index is 13.3. The number of aryl methyl sites for hydroxylation is 3. The van der Waals surface area contributed by atoms with Crippen LogP contribution in [0.25, 0.3) is 0 Å². The molecule has 7 N–H and O–H groups in total. The number of hydrogen-bond acceptors (Lipinski definition) is 6. The van der Waals surface area contributed by atoms with Gasteiger partial charge in [-0.05, 0) is 18.2 Å². The second-order valence-electron chi connectivity index (χ2n) is 8.20. The van der Waals surface area contributed by atoms with Crippen LogP contribution < -0.4 is 26.6 Å². The molecule has 0 aliphatic heterocycles. The van der Waals surface area contributed by atoms with Gasteiger partial charge in [0, 0.05) is 52.7 Å². The predicted octanol–water partition coefficient (Wildman–Crippen LogP) is 0.832. The Morgan fingerprint density at radius 3 is 2.19 bits per heavy atom. The minimum absolute atomic E-state index is 0.0464. The highest BCUT2D eigenvalue weighted by molar-refractivity contribution is 6.16. The summed E-state index contributed by atoms with van der Waals surface area (Å²) in [6, 6.07) is 4.46. The standard InChI is InChI=1S/C23H28N10O4/c1-30-9-14(28-13-34)6-17(30)22(36)29-15-7-19(31(2)10-15)23(37)33(12-24)16-8-18(32(3)11-16)21(35)27-5-4-20(25)26/h6-13,24H,4-5H2,1-3H3,(H3,25,26)(H,27,35)(H,28,34)(H,29,36). The van der Waals surface area contributed by atoms with Crippen molar-refractivity contribution in [2.24, 2.45) is 26.9 Å². The van der Waals surface area contributed by atoms with Gasteiger partial charge in [0.1, 0.15) is 17.1 Å². The van der Waals surface area contributed by atoms with Gasteiger partial charge in [-0.25, -0.2) is 0 Å². The number of hydrogen-bond donors (Lipinski definition) is 6. The molecule has 3 aromatic rings. The minimum atomic E-state index is -0.552. The van der Waals surface area contributed by atoms with Crippen LogP contribution in [0.1, 0.15) is 37.9 Å². The molecular formula is C23H28N10O4. The van der Waals surface area contributed by atoms with E-state index in [-0.39, 0.29) is 30.2 Å². The average molecular weight is 509 g/mol. The molecule has 3 heterocycles. The van der Waals surface area contributed by atoms with Crippen LogP contribution in [0.2, 0.25) is 0 Å². The van der Waals surface area contributed by atoms with Gasteiger partial charge in [0.2, 0.25) is 6.41 Å². The van der Waals surface area contributed by atoms with E-state index in [1.807, 2.05) is 0 Å². The molecule has 194 valence electrons. The molecule has 0 unspecified atom stereocenters. The van der Waals surface area contributed by atoms with Crippen LogP contribution in [0.3, 0.4) is 0 Å². The van der Waals surface area contributed by atoms with Crippen LogP contribution in [-0.4, -0.2) is 56.6 Å².